The number of phenols is 1. The van der Waals surface area contributed by atoms with E-state index in [9.17, 15) is 18.3 Å². The molecule has 0 saturated carbocycles. The molecule has 3 rings (SSSR count). The third kappa shape index (κ3) is 2.65. The van der Waals surface area contributed by atoms with Crippen molar-refractivity contribution >= 4 is 0 Å². The molecule has 0 bridgehead atoms. The summed E-state index contributed by atoms with van der Waals surface area (Å²) in [6.07, 6.45) is -3.06. The number of phenolic OH excluding ortho intramolecular Hbond substituents is 1. The van der Waals surface area contributed by atoms with Crippen LogP contribution in [0.15, 0.2) is 54.7 Å². The van der Waals surface area contributed by atoms with E-state index >= 15 is 0 Å². The number of hydrogen-bond donors (Lipinski definition) is 1. The molecule has 0 fully saturated rings. The average molecular weight is 305 g/mol. The monoisotopic (exact) mass is 305 g/mol. The highest BCUT2D eigenvalue weighted by Gasteiger charge is 2.34. The molecule has 0 amide bonds. The van der Waals surface area contributed by atoms with Crippen LogP contribution in [0.3, 0.4) is 0 Å². The van der Waals surface area contributed by atoms with Gasteiger partial charge in [0.25, 0.3) is 0 Å². The minimum atomic E-state index is -4.47. The van der Waals surface area contributed by atoms with Crippen molar-refractivity contribution in [1.29, 1.82) is 0 Å². The Kier molecular flexibility index (Phi) is 3.32. The van der Waals surface area contributed by atoms with Crippen molar-refractivity contribution in [2.45, 2.75) is 6.18 Å². The van der Waals surface area contributed by atoms with Gasteiger partial charge in [0.15, 0.2) is 0 Å². The van der Waals surface area contributed by atoms with Crippen molar-refractivity contribution < 1.29 is 18.3 Å². The predicted molar refractivity (Wildman–Crippen MR) is 73.5 cm³/mol. The number of halogens is 3. The number of alkyl halides is 3. The zero-order valence-corrected chi connectivity index (χ0v) is 11.1. The highest BCUT2D eigenvalue weighted by molar-refractivity contribution is 5.59. The van der Waals surface area contributed by atoms with E-state index in [2.05, 4.69) is 10.3 Å². The lowest BCUT2D eigenvalue weighted by atomic mass is 10.1. The van der Waals surface area contributed by atoms with Gasteiger partial charge in [-0.25, -0.2) is 4.68 Å². The fourth-order valence-corrected chi connectivity index (χ4v) is 2.06. The molecule has 0 aliphatic heterocycles. The summed E-state index contributed by atoms with van der Waals surface area (Å²) in [7, 11) is 0. The van der Waals surface area contributed by atoms with Crippen LogP contribution in [0.2, 0.25) is 0 Å². The van der Waals surface area contributed by atoms with E-state index in [1.807, 2.05) is 0 Å². The van der Waals surface area contributed by atoms with Gasteiger partial charge in [-0.1, -0.05) is 17.3 Å². The predicted octanol–water partition coefficient (Wildman–Crippen LogP) is 3.66. The van der Waals surface area contributed by atoms with Crippen molar-refractivity contribution in [3.63, 3.8) is 0 Å². The van der Waals surface area contributed by atoms with E-state index in [1.54, 1.807) is 12.1 Å². The van der Waals surface area contributed by atoms with Crippen LogP contribution in [0.25, 0.3) is 16.9 Å². The van der Waals surface area contributed by atoms with Crippen LogP contribution in [0.4, 0.5) is 13.2 Å². The molecule has 0 aliphatic rings. The van der Waals surface area contributed by atoms with Gasteiger partial charge in [0.1, 0.15) is 11.4 Å². The normalized spacial score (nSPS) is 11.6. The van der Waals surface area contributed by atoms with E-state index in [-0.39, 0.29) is 11.4 Å². The molecular formula is C15H10F3N3O. The minimum Gasteiger partial charge on any atom is -0.508 e. The molecule has 0 saturated heterocycles. The summed E-state index contributed by atoms with van der Waals surface area (Å²) >= 11 is 0. The van der Waals surface area contributed by atoms with E-state index in [4.69, 9.17) is 0 Å². The quantitative estimate of drug-likeness (QED) is 0.786. The molecule has 2 aromatic carbocycles. The van der Waals surface area contributed by atoms with Gasteiger partial charge < -0.3 is 5.11 Å². The van der Waals surface area contributed by atoms with E-state index in [0.717, 1.165) is 10.7 Å². The molecule has 0 unspecified atom stereocenters. The van der Waals surface area contributed by atoms with Crippen molar-refractivity contribution in [3.8, 4) is 22.7 Å². The maximum atomic E-state index is 13.0. The number of benzene rings is 2. The first kappa shape index (κ1) is 14.1. The lowest BCUT2D eigenvalue weighted by Gasteiger charge is -2.11. The van der Waals surface area contributed by atoms with Gasteiger partial charge in [-0.3, -0.25) is 0 Å². The van der Waals surface area contributed by atoms with Crippen molar-refractivity contribution in [2.24, 2.45) is 0 Å². The number of para-hydroxylation sites is 1. The first-order valence-electron chi connectivity index (χ1n) is 6.33. The maximum absolute atomic E-state index is 13.0. The fraction of sp³-hybridized carbons (Fsp3) is 0.0667. The van der Waals surface area contributed by atoms with E-state index < -0.39 is 11.7 Å². The Morgan fingerprint density at radius 2 is 1.64 bits per heavy atom. The van der Waals surface area contributed by atoms with Crippen LogP contribution in [0, 0.1) is 0 Å². The van der Waals surface area contributed by atoms with Gasteiger partial charge in [-0.2, -0.15) is 13.2 Å². The summed E-state index contributed by atoms with van der Waals surface area (Å²) in [5.41, 5.74) is 0.190. The van der Waals surface area contributed by atoms with Crippen molar-refractivity contribution in [3.05, 3.63) is 60.3 Å². The molecule has 1 aromatic heterocycles. The zero-order valence-electron chi connectivity index (χ0n) is 11.1. The standard InChI is InChI=1S/C15H10F3N3O/c16-15(17,18)12-3-1-2-4-14(12)21-9-13(19-20-21)10-5-7-11(22)8-6-10/h1-9,22H. The molecule has 4 nitrogen and oxygen atoms in total. The average Bonchev–Trinajstić information content (AvgIpc) is 2.97. The fourth-order valence-electron chi connectivity index (χ4n) is 2.06. The zero-order chi connectivity index (χ0) is 15.7. The second-order valence-corrected chi connectivity index (χ2v) is 4.61. The topological polar surface area (TPSA) is 50.9 Å². The van der Waals surface area contributed by atoms with Crippen LogP contribution in [-0.2, 0) is 6.18 Å². The Bertz CT molecular complexity index is 794. The summed E-state index contributed by atoms with van der Waals surface area (Å²) in [6, 6.07) is 11.3. The number of nitrogens with zero attached hydrogens (tertiary/aromatic N) is 3. The highest BCUT2D eigenvalue weighted by Crippen LogP contribution is 2.33. The molecule has 0 atom stereocenters. The molecule has 3 aromatic rings. The van der Waals surface area contributed by atoms with Gasteiger partial charge in [-0.05, 0) is 36.4 Å². The number of hydrogen-bond acceptors (Lipinski definition) is 3. The van der Waals surface area contributed by atoms with E-state index in [0.29, 0.717) is 11.3 Å². The molecule has 1 N–H and O–H groups in total. The Labute approximate surface area is 123 Å². The largest absolute Gasteiger partial charge is 0.508 e. The lowest BCUT2D eigenvalue weighted by Crippen LogP contribution is -2.10. The number of aromatic nitrogens is 3. The van der Waals surface area contributed by atoms with Crippen molar-refractivity contribution in [2.75, 3.05) is 0 Å². The third-order valence-corrected chi connectivity index (χ3v) is 3.11. The van der Waals surface area contributed by atoms with Gasteiger partial charge in [0.2, 0.25) is 0 Å². The van der Waals surface area contributed by atoms with Gasteiger partial charge in [0.05, 0.1) is 17.4 Å². The van der Waals surface area contributed by atoms with Crippen LogP contribution in [-0.4, -0.2) is 20.1 Å². The molecule has 0 aliphatic carbocycles. The second-order valence-electron chi connectivity index (χ2n) is 4.61. The van der Waals surface area contributed by atoms with Crippen LogP contribution in [0.5, 0.6) is 5.75 Å². The summed E-state index contributed by atoms with van der Waals surface area (Å²) in [5.74, 6) is 0.0959. The van der Waals surface area contributed by atoms with Crippen LogP contribution >= 0.6 is 0 Å². The lowest BCUT2D eigenvalue weighted by molar-refractivity contribution is -0.137. The molecule has 0 spiro atoms. The van der Waals surface area contributed by atoms with Crippen molar-refractivity contribution in [1.82, 2.24) is 15.0 Å². The SMILES string of the molecule is Oc1ccc(-c2cn(-c3ccccc3C(F)(F)F)nn2)cc1. The first-order valence-corrected chi connectivity index (χ1v) is 6.33. The molecule has 22 heavy (non-hydrogen) atoms. The summed E-state index contributed by atoms with van der Waals surface area (Å²) in [6.45, 7) is 0. The van der Waals surface area contributed by atoms with Gasteiger partial charge in [0, 0.05) is 5.56 Å². The van der Waals surface area contributed by atoms with Gasteiger partial charge >= 0.3 is 6.18 Å². The summed E-state index contributed by atoms with van der Waals surface area (Å²) in [5, 5.41) is 16.9. The Morgan fingerprint density at radius 3 is 2.32 bits per heavy atom. The molecule has 1 heterocycles. The third-order valence-electron chi connectivity index (χ3n) is 3.11. The molecule has 0 radical (unpaired) electrons. The molecule has 112 valence electrons. The smallest absolute Gasteiger partial charge is 0.418 e. The Morgan fingerprint density at radius 1 is 0.955 bits per heavy atom. The first-order chi connectivity index (χ1) is 10.4. The number of aromatic hydroxyl groups is 1. The molecule has 7 heteroatoms. The molecular weight excluding hydrogens is 295 g/mol. The number of rotatable bonds is 2. The Balaban J connectivity index is 2.03. The Hall–Kier alpha value is -2.83. The summed E-state index contributed by atoms with van der Waals surface area (Å²) in [4.78, 5) is 0. The van der Waals surface area contributed by atoms with Crippen LogP contribution < -0.4 is 0 Å². The summed E-state index contributed by atoms with van der Waals surface area (Å²) < 4.78 is 40.1. The maximum Gasteiger partial charge on any atom is 0.418 e. The van der Waals surface area contributed by atoms with Crippen LogP contribution in [0.1, 0.15) is 5.56 Å². The second kappa shape index (κ2) is 5.18. The minimum absolute atomic E-state index is 0.0903. The van der Waals surface area contributed by atoms with E-state index in [1.165, 1.54) is 36.5 Å². The highest BCUT2D eigenvalue weighted by atomic mass is 19.4. The van der Waals surface area contributed by atoms with Gasteiger partial charge in [-0.15, -0.1) is 5.10 Å².